The zero-order valence-corrected chi connectivity index (χ0v) is 17.3. The Morgan fingerprint density at radius 3 is 2.48 bits per heavy atom. The lowest BCUT2D eigenvalue weighted by atomic mass is 9.82. The quantitative estimate of drug-likeness (QED) is 0.592. The molecule has 6 nitrogen and oxygen atoms in total. The molecule has 0 fully saturated rings. The number of methoxy groups -OCH3 is 2. The molecule has 1 heterocycles. The first-order valence-corrected chi connectivity index (χ1v) is 9.71. The van der Waals surface area contributed by atoms with Gasteiger partial charge in [-0.2, -0.15) is 5.26 Å². The Bertz CT molecular complexity index is 1210. The van der Waals surface area contributed by atoms with E-state index in [1.54, 1.807) is 20.3 Å². The molecule has 31 heavy (non-hydrogen) atoms. The number of ether oxygens (including phenoxy) is 4. The first-order chi connectivity index (χ1) is 15.1. The van der Waals surface area contributed by atoms with E-state index in [9.17, 15) is 5.26 Å². The summed E-state index contributed by atoms with van der Waals surface area (Å²) in [5.41, 5.74) is 8.14. The number of benzene rings is 3. The molecule has 1 atom stereocenters. The number of nitrogens with two attached hydrogens (primary N) is 1. The second-order valence-electron chi connectivity index (χ2n) is 6.98. The van der Waals surface area contributed by atoms with E-state index in [1.807, 2.05) is 48.5 Å². The number of rotatable bonds is 6. The Balaban J connectivity index is 1.96. The van der Waals surface area contributed by atoms with Gasteiger partial charge in [0.25, 0.3) is 0 Å². The highest BCUT2D eigenvalue weighted by Crippen LogP contribution is 2.48. The Morgan fingerprint density at radius 2 is 1.84 bits per heavy atom. The van der Waals surface area contributed by atoms with Gasteiger partial charge in [0.05, 0.1) is 20.1 Å². The predicted octanol–water partition coefficient (Wildman–Crippen LogP) is 4.64. The van der Waals surface area contributed by atoms with Crippen molar-refractivity contribution < 1.29 is 18.9 Å². The molecule has 0 saturated carbocycles. The highest BCUT2D eigenvalue weighted by Gasteiger charge is 2.33. The summed E-state index contributed by atoms with van der Waals surface area (Å²) in [4.78, 5) is 0. The Morgan fingerprint density at radius 1 is 1.13 bits per heavy atom. The van der Waals surface area contributed by atoms with Crippen LogP contribution in [-0.2, 0) is 0 Å². The van der Waals surface area contributed by atoms with Crippen molar-refractivity contribution >= 4 is 10.8 Å². The predicted molar refractivity (Wildman–Crippen MR) is 118 cm³/mol. The van der Waals surface area contributed by atoms with Crippen LogP contribution in [-0.4, -0.2) is 20.8 Å². The number of hydrogen-bond acceptors (Lipinski definition) is 6. The molecule has 2 N–H and O–H groups in total. The molecule has 0 amide bonds. The van der Waals surface area contributed by atoms with Gasteiger partial charge < -0.3 is 24.7 Å². The van der Waals surface area contributed by atoms with Crippen LogP contribution in [0.2, 0.25) is 0 Å². The van der Waals surface area contributed by atoms with Gasteiger partial charge in [0.1, 0.15) is 24.0 Å². The van der Waals surface area contributed by atoms with Gasteiger partial charge in [-0.25, -0.2) is 0 Å². The molecule has 4 rings (SSSR count). The van der Waals surface area contributed by atoms with Crippen LogP contribution in [0.4, 0.5) is 0 Å². The van der Waals surface area contributed by atoms with Crippen LogP contribution in [0.1, 0.15) is 17.0 Å². The Labute approximate surface area is 180 Å². The molecule has 3 aromatic carbocycles. The van der Waals surface area contributed by atoms with Gasteiger partial charge in [0.15, 0.2) is 11.5 Å². The lowest BCUT2D eigenvalue weighted by Crippen LogP contribution is -2.21. The van der Waals surface area contributed by atoms with Crippen molar-refractivity contribution in [1.82, 2.24) is 0 Å². The van der Waals surface area contributed by atoms with Gasteiger partial charge in [0.2, 0.25) is 11.6 Å². The van der Waals surface area contributed by atoms with E-state index in [2.05, 4.69) is 12.6 Å². The van der Waals surface area contributed by atoms with Crippen molar-refractivity contribution in [3.8, 4) is 29.1 Å². The largest absolute Gasteiger partial charge is 0.493 e. The number of nitriles is 1. The molecule has 3 aromatic rings. The van der Waals surface area contributed by atoms with E-state index < -0.39 is 5.92 Å². The number of hydrogen-bond donors (Lipinski definition) is 1. The normalized spacial score (nSPS) is 14.9. The molecule has 1 unspecified atom stereocenters. The maximum atomic E-state index is 9.89. The van der Waals surface area contributed by atoms with Crippen LogP contribution in [0.15, 0.2) is 72.6 Å². The minimum atomic E-state index is -0.449. The fourth-order valence-electron chi connectivity index (χ4n) is 3.88. The highest BCUT2D eigenvalue weighted by atomic mass is 16.5. The number of allylic oxidation sites excluding steroid dienone is 1. The van der Waals surface area contributed by atoms with Crippen LogP contribution in [0, 0.1) is 11.3 Å². The van der Waals surface area contributed by atoms with Gasteiger partial charge in [0, 0.05) is 10.9 Å². The molecule has 0 radical (unpaired) electrons. The number of nitrogens with zero attached hydrogens (tertiary/aromatic N) is 1. The summed E-state index contributed by atoms with van der Waals surface area (Å²) >= 11 is 0. The molecule has 1 aliphatic heterocycles. The highest BCUT2D eigenvalue weighted by molar-refractivity contribution is 5.91. The van der Waals surface area contributed by atoms with Crippen molar-refractivity contribution in [2.45, 2.75) is 5.92 Å². The van der Waals surface area contributed by atoms with Crippen molar-refractivity contribution in [1.29, 1.82) is 5.26 Å². The van der Waals surface area contributed by atoms with Gasteiger partial charge in [-0.05, 0) is 23.1 Å². The van der Waals surface area contributed by atoms with Crippen LogP contribution >= 0.6 is 0 Å². The SMILES string of the molecule is C=CCOc1c(OC)cc(C2C(C#N)=C(N)Oc3c2ccc2ccccc32)cc1OC. The van der Waals surface area contributed by atoms with Crippen LogP contribution < -0.4 is 24.7 Å². The van der Waals surface area contributed by atoms with Gasteiger partial charge >= 0.3 is 0 Å². The molecule has 6 heteroatoms. The lowest BCUT2D eigenvalue weighted by Gasteiger charge is -2.28. The molecule has 156 valence electrons. The van der Waals surface area contributed by atoms with Crippen molar-refractivity contribution in [2.75, 3.05) is 20.8 Å². The van der Waals surface area contributed by atoms with E-state index in [-0.39, 0.29) is 5.88 Å². The molecule has 0 saturated heterocycles. The monoisotopic (exact) mass is 414 g/mol. The Kier molecular flexibility index (Phi) is 5.42. The minimum absolute atomic E-state index is 0.0845. The Hall–Kier alpha value is -4.11. The molecular formula is C25H22N2O4. The van der Waals surface area contributed by atoms with E-state index in [4.69, 9.17) is 24.7 Å². The molecule has 0 aliphatic carbocycles. The first kappa shape index (κ1) is 20.2. The van der Waals surface area contributed by atoms with Crippen LogP contribution in [0.3, 0.4) is 0 Å². The van der Waals surface area contributed by atoms with Crippen molar-refractivity contribution in [3.05, 3.63) is 83.8 Å². The first-order valence-electron chi connectivity index (χ1n) is 9.71. The van der Waals surface area contributed by atoms with E-state index in [0.717, 1.165) is 21.9 Å². The minimum Gasteiger partial charge on any atom is -0.493 e. The molecular weight excluding hydrogens is 392 g/mol. The van der Waals surface area contributed by atoms with Crippen LogP contribution in [0.25, 0.3) is 10.8 Å². The van der Waals surface area contributed by atoms with E-state index >= 15 is 0 Å². The van der Waals surface area contributed by atoms with Gasteiger partial charge in [-0.15, -0.1) is 0 Å². The summed E-state index contributed by atoms with van der Waals surface area (Å²) < 4.78 is 22.8. The maximum Gasteiger partial charge on any atom is 0.205 e. The zero-order valence-electron chi connectivity index (χ0n) is 17.3. The van der Waals surface area contributed by atoms with Gasteiger partial charge in [-0.3, -0.25) is 0 Å². The third-order valence-corrected chi connectivity index (χ3v) is 5.27. The van der Waals surface area contributed by atoms with E-state index in [1.165, 1.54) is 0 Å². The standard InChI is InChI=1S/C25H22N2O4/c1-4-11-30-24-20(28-2)12-16(13-21(24)29-3)22-18-10-9-15-7-5-6-8-17(15)23(18)31-25(27)19(22)14-26/h4-10,12-13,22H,1,11,27H2,2-3H3. The second kappa shape index (κ2) is 8.33. The fraction of sp³-hybridized carbons (Fsp3) is 0.160. The third kappa shape index (κ3) is 3.40. The summed E-state index contributed by atoms with van der Waals surface area (Å²) in [6, 6.07) is 17.8. The summed E-state index contributed by atoms with van der Waals surface area (Å²) in [5, 5.41) is 11.8. The smallest absolute Gasteiger partial charge is 0.205 e. The van der Waals surface area contributed by atoms with Gasteiger partial charge in [-0.1, -0.05) is 49.1 Å². The summed E-state index contributed by atoms with van der Waals surface area (Å²) in [6.07, 6.45) is 1.64. The molecule has 1 aliphatic rings. The summed E-state index contributed by atoms with van der Waals surface area (Å²) in [5.74, 6) is 1.72. The van der Waals surface area contributed by atoms with Crippen molar-refractivity contribution in [2.24, 2.45) is 5.73 Å². The molecule has 0 aromatic heterocycles. The summed E-state index contributed by atoms with van der Waals surface area (Å²) in [7, 11) is 3.11. The average Bonchev–Trinajstić information content (AvgIpc) is 2.81. The summed E-state index contributed by atoms with van der Waals surface area (Å²) in [6.45, 7) is 3.98. The molecule has 0 spiro atoms. The lowest BCUT2D eigenvalue weighted by molar-refractivity contribution is 0.300. The maximum absolute atomic E-state index is 9.89. The van der Waals surface area contributed by atoms with Crippen molar-refractivity contribution in [3.63, 3.8) is 0 Å². The fourth-order valence-corrected chi connectivity index (χ4v) is 3.88. The second-order valence-corrected chi connectivity index (χ2v) is 6.98. The molecule has 0 bridgehead atoms. The topological polar surface area (TPSA) is 86.7 Å². The number of fused-ring (bicyclic) bond motifs is 3. The zero-order chi connectivity index (χ0) is 22.0. The third-order valence-electron chi connectivity index (χ3n) is 5.27. The average molecular weight is 414 g/mol. The van der Waals surface area contributed by atoms with Crippen LogP contribution in [0.5, 0.6) is 23.0 Å². The van der Waals surface area contributed by atoms with E-state index in [0.29, 0.717) is 35.2 Å².